The topological polar surface area (TPSA) is 75.3 Å². The number of amides is 1. The van der Waals surface area contributed by atoms with E-state index in [1.807, 2.05) is 32.9 Å². The van der Waals surface area contributed by atoms with Gasteiger partial charge in [-0.25, -0.2) is 13.1 Å². The average Bonchev–Trinajstić information content (AvgIpc) is 2.34. The molecule has 6 heteroatoms. The van der Waals surface area contributed by atoms with Crippen molar-refractivity contribution in [2.45, 2.75) is 45.9 Å². The Hall–Kier alpha value is -1.40. The van der Waals surface area contributed by atoms with E-state index in [-0.39, 0.29) is 18.9 Å². The van der Waals surface area contributed by atoms with Crippen molar-refractivity contribution in [3.05, 3.63) is 28.8 Å². The Balaban J connectivity index is 2.68. The summed E-state index contributed by atoms with van der Waals surface area (Å²) in [5.74, 6) is 0.229. The van der Waals surface area contributed by atoms with Crippen LogP contribution in [-0.2, 0) is 14.8 Å². The Bertz CT molecular complexity index is 614. The lowest BCUT2D eigenvalue weighted by Gasteiger charge is -2.13. The number of rotatable bonds is 7. The SMILES string of the molecule is Cc1cc(C)c(S(=O)(=O)NCCC(=O)NCC(C)C)c(C)c1. The molecule has 0 aromatic heterocycles. The van der Waals surface area contributed by atoms with Gasteiger partial charge < -0.3 is 5.32 Å². The van der Waals surface area contributed by atoms with Crippen LogP contribution < -0.4 is 10.0 Å². The maximum absolute atomic E-state index is 12.4. The van der Waals surface area contributed by atoms with E-state index in [1.165, 1.54) is 0 Å². The summed E-state index contributed by atoms with van der Waals surface area (Å²) >= 11 is 0. The zero-order valence-corrected chi connectivity index (χ0v) is 14.8. The van der Waals surface area contributed by atoms with Gasteiger partial charge in [-0.15, -0.1) is 0 Å². The lowest BCUT2D eigenvalue weighted by atomic mass is 10.1. The molecule has 0 spiro atoms. The fourth-order valence-electron chi connectivity index (χ4n) is 2.37. The van der Waals surface area contributed by atoms with Gasteiger partial charge in [0, 0.05) is 19.5 Å². The first kappa shape index (κ1) is 18.6. The van der Waals surface area contributed by atoms with Gasteiger partial charge in [0.25, 0.3) is 0 Å². The molecule has 124 valence electrons. The Labute approximate surface area is 133 Å². The Morgan fingerprint density at radius 2 is 1.68 bits per heavy atom. The summed E-state index contributed by atoms with van der Waals surface area (Å²) < 4.78 is 27.3. The van der Waals surface area contributed by atoms with Crippen LogP contribution in [0.5, 0.6) is 0 Å². The molecule has 0 radical (unpaired) electrons. The van der Waals surface area contributed by atoms with Crippen LogP contribution in [0.2, 0.25) is 0 Å². The minimum Gasteiger partial charge on any atom is -0.356 e. The molecule has 5 nitrogen and oxygen atoms in total. The molecule has 0 atom stereocenters. The zero-order chi connectivity index (χ0) is 16.9. The van der Waals surface area contributed by atoms with Crippen LogP contribution >= 0.6 is 0 Å². The second kappa shape index (κ2) is 7.74. The second-order valence-corrected chi connectivity index (χ2v) is 7.78. The summed E-state index contributed by atoms with van der Waals surface area (Å²) in [5.41, 5.74) is 2.46. The molecule has 22 heavy (non-hydrogen) atoms. The molecule has 0 saturated carbocycles. The lowest BCUT2D eigenvalue weighted by Crippen LogP contribution is -2.32. The number of carbonyl (C=O) groups excluding carboxylic acids is 1. The highest BCUT2D eigenvalue weighted by molar-refractivity contribution is 7.89. The molecule has 0 fully saturated rings. The molecule has 0 aliphatic heterocycles. The first-order valence-corrected chi connectivity index (χ1v) is 8.96. The van der Waals surface area contributed by atoms with Gasteiger partial charge in [0.15, 0.2) is 0 Å². The number of carbonyl (C=O) groups is 1. The van der Waals surface area contributed by atoms with E-state index in [0.29, 0.717) is 28.5 Å². The molecule has 1 aromatic rings. The van der Waals surface area contributed by atoms with Gasteiger partial charge in [0.05, 0.1) is 4.90 Å². The second-order valence-electron chi connectivity index (χ2n) is 6.07. The van der Waals surface area contributed by atoms with E-state index in [9.17, 15) is 13.2 Å². The molecule has 1 aromatic carbocycles. The van der Waals surface area contributed by atoms with Gasteiger partial charge in [-0.2, -0.15) is 0 Å². The Morgan fingerprint density at radius 3 is 2.18 bits per heavy atom. The highest BCUT2D eigenvalue weighted by Gasteiger charge is 2.19. The minimum absolute atomic E-state index is 0.0962. The van der Waals surface area contributed by atoms with Crippen LogP contribution in [0.3, 0.4) is 0 Å². The number of hydrogen-bond donors (Lipinski definition) is 2. The molecule has 0 aliphatic carbocycles. The molecular formula is C16H26N2O3S. The van der Waals surface area contributed by atoms with Gasteiger partial charge in [-0.3, -0.25) is 4.79 Å². The summed E-state index contributed by atoms with van der Waals surface area (Å²) in [6.45, 7) is 10.2. The fourth-order valence-corrected chi connectivity index (χ4v) is 3.85. The first-order chi connectivity index (χ1) is 10.1. The number of nitrogens with one attached hydrogen (secondary N) is 2. The predicted octanol–water partition coefficient (Wildman–Crippen LogP) is 2.05. The molecule has 1 amide bonds. The van der Waals surface area contributed by atoms with Crippen molar-refractivity contribution in [3.63, 3.8) is 0 Å². The number of aryl methyl sites for hydroxylation is 3. The van der Waals surface area contributed by atoms with Crippen molar-refractivity contribution in [2.75, 3.05) is 13.1 Å². The molecule has 0 saturated heterocycles. The molecule has 0 aliphatic rings. The maximum Gasteiger partial charge on any atom is 0.241 e. The van der Waals surface area contributed by atoms with Crippen molar-refractivity contribution in [1.82, 2.24) is 10.0 Å². The normalized spacial score (nSPS) is 11.7. The van der Waals surface area contributed by atoms with Crippen molar-refractivity contribution in [3.8, 4) is 0 Å². The third-order valence-electron chi connectivity index (χ3n) is 3.23. The smallest absolute Gasteiger partial charge is 0.241 e. The molecule has 0 heterocycles. The minimum atomic E-state index is -3.60. The fraction of sp³-hybridized carbons (Fsp3) is 0.562. The summed E-state index contributed by atoms with van der Waals surface area (Å²) in [6, 6.07) is 3.69. The monoisotopic (exact) mass is 326 g/mol. The van der Waals surface area contributed by atoms with E-state index in [4.69, 9.17) is 0 Å². The number of sulfonamides is 1. The standard InChI is InChI=1S/C16H26N2O3S/c1-11(2)10-17-15(19)6-7-18-22(20,21)16-13(4)8-12(3)9-14(16)5/h8-9,11,18H,6-7,10H2,1-5H3,(H,17,19). The quantitative estimate of drug-likeness (QED) is 0.805. The highest BCUT2D eigenvalue weighted by atomic mass is 32.2. The van der Waals surface area contributed by atoms with Crippen LogP contribution in [0.4, 0.5) is 0 Å². The lowest BCUT2D eigenvalue weighted by molar-refractivity contribution is -0.121. The highest BCUT2D eigenvalue weighted by Crippen LogP contribution is 2.21. The van der Waals surface area contributed by atoms with E-state index < -0.39 is 10.0 Å². The van der Waals surface area contributed by atoms with Crippen LogP contribution in [-0.4, -0.2) is 27.4 Å². The van der Waals surface area contributed by atoms with Crippen LogP contribution in [0.25, 0.3) is 0 Å². The molecule has 0 bridgehead atoms. The van der Waals surface area contributed by atoms with Gasteiger partial charge in [0.1, 0.15) is 0 Å². The molecule has 2 N–H and O–H groups in total. The van der Waals surface area contributed by atoms with Crippen molar-refractivity contribution in [2.24, 2.45) is 5.92 Å². The number of hydrogen-bond acceptors (Lipinski definition) is 3. The van der Waals surface area contributed by atoms with Crippen LogP contribution in [0.15, 0.2) is 17.0 Å². The summed E-state index contributed by atoms with van der Waals surface area (Å²) in [5, 5.41) is 2.76. The molecular weight excluding hydrogens is 300 g/mol. The summed E-state index contributed by atoms with van der Waals surface area (Å²) in [6.07, 6.45) is 0.135. The third kappa shape index (κ3) is 5.42. The summed E-state index contributed by atoms with van der Waals surface area (Å²) in [7, 11) is -3.60. The van der Waals surface area contributed by atoms with Crippen LogP contribution in [0.1, 0.15) is 37.0 Å². The van der Waals surface area contributed by atoms with Gasteiger partial charge in [-0.05, 0) is 37.8 Å². The van der Waals surface area contributed by atoms with E-state index in [0.717, 1.165) is 5.56 Å². The van der Waals surface area contributed by atoms with Crippen molar-refractivity contribution >= 4 is 15.9 Å². The largest absolute Gasteiger partial charge is 0.356 e. The maximum atomic E-state index is 12.4. The average molecular weight is 326 g/mol. The van der Waals surface area contributed by atoms with Gasteiger partial charge >= 0.3 is 0 Å². The van der Waals surface area contributed by atoms with E-state index in [2.05, 4.69) is 10.0 Å². The van der Waals surface area contributed by atoms with Gasteiger partial charge in [0.2, 0.25) is 15.9 Å². The van der Waals surface area contributed by atoms with E-state index in [1.54, 1.807) is 13.8 Å². The molecule has 1 rings (SSSR count). The Kier molecular flexibility index (Phi) is 6.56. The van der Waals surface area contributed by atoms with E-state index >= 15 is 0 Å². The third-order valence-corrected chi connectivity index (χ3v) is 4.99. The van der Waals surface area contributed by atoms with Crippen LogP contribution in [0, 0.1) is 26.7 Å². The van der Waals surface area contributed by atoms with Crippen molar-refractivity contribution in [1.29, 1.82) is 0 Å². The van der Waals surface area contributed by atoms with Gasteiger partial charge in [-0.1, -0.05) is 31.5 Å². The Morgan fingerprint density at radius 1 is 1.14 bits per heavy atom. The summed E-state index contributed by atoms with van der Waals surface area (Å²) in [4.78, 5) is 11.9. The zero-order valence-electron chi connectivity index (χ0n) is 14.0. The first-order valence-electron chi connectivity index (χ1n) is 7.47. The van der Waals surface area contributed by atoms with Crippen molar-refractivity contribution < 1.29 is 13.2 Å². The molecule has 0 unspecified atom stereocenters. The number of benzene rings is 1. The predicted molar refractivity (Wildman–Crippen MR) is 88.3 cm³/mol.